The van der Waals surface area contributed by atoms with E-state index in [1.165, 1.54) is 6.26 Å². The third kappa shape index (κ3) is 1.93. The van der Waals surface area contributed by atoms with E-state index in [4.69, 9.17) is 4.42 Å². The van der Waals surface area contributed by atoms with Crippen molar-refractivity contribution >= 4 is 11.9 Å². The van der Waals surface area contributed by atoms with Crippen LogP contribution in [0.5, 0.6) is 0 Å². The number of carbonyl (C=O) groups is 2. The molecule has 3 rings (SSSR count). The Morgan fingerprint density at radius 1 is 1.37 bits per heavy atom. The van der Waals surface area contributed by atoms with E-state index < -0.39 is 11.9 Å². The van der Waals surface area contributed by atoms with E-state index in [1.54, 1.807) is 13.0 Å². The van der Waals surface area contributed by atoms with Crippen molar-refractivity contribution < 1.29 is 19.1 Å². The molecular weight excluding hydrogens is 246 g/mol. The van der Waals surface area contributed by atoms with Gasteiger partial charge in [-0.15, -0.1) is 0 Å². The second kappa shape index (κ2) is 4.40. The lowest BCUT2D eigenvalue weighted by atomic mass is 9.84. The number of hydrogen-bond acceptors (Lipinski definition) is 3. The van der Waals surface area contributed by atoms with Crippen LogP contribution >= 0.6 is 0 Å². The van der Waals surface area contributed by atoms with Gasteiger partial charge in [-0.25, -0.2) is 0 Å². The fourth-order valence-electron chi connectivity index (χ4n) is 3.70. The van der Waals surface area contributed by atoms with Crippen LogP contribution in [0.25, 0.3) is 0 Å². The molecule has 19 heavy (non-hydrogen) atoms. The molecule has 2 saturated carbocycles. The number of nitrogens with one attached hydrogen (secondary N) is 1. The van der Waals surface area contributed by atoms with E-state index in [2.05, 4.69) is 5.32 Å². The molecule has 1 aromatic heterocycles. The van der Waals surface area contributed by atoms with Crippen molar-refractivity contribution in [2.24, 2.45) is 17.8 Å². The molecule has 0 aliphatic heterocycles. The van der Waals surface area contributed by atoms with E-state index in [0.717, 1.165) is 19.3 Å². The maximum absolute atomic E-state index is 12.2. The number of fused-ring (bicyclic) bond motifs is 2. The first-order valence-corrected chi connectivity index (χ1v) is 6.65. The maximum Gasteiger partial charge on any atom is 0.308 e. The van der Waals surface area contributed by atoms with Crippen molar-refractivity contribution in [3.8, 4) is 0 Å². The minimum Gasteiger partial charge on any atom is -0.481 e. The first kappa shape index (κ1) is 12.3. The lowest BCUT2D eigenvalue weighted by Crippen LogP contribution is -2.46. The Morgan fingerprint density at radius 2 is 2.11 bits per heavy atom. The molecule has 2 fully saturated rings. The molecule has 5 nitrogen and oxygen atoms in total. The second-order valence-corrected chi connectivity index (χ2v) is 5.59. The van der Waals surface area contributed by atoms with Gasteiger partial charge in [0.25, 0.3) is 5.91 Å². The van der Waals surface area contributed by atoms with Crippen molar-refractivity contribution in [3.63, 3.8) is 0 Å². The number of rotatable bonds is 3. The SMILES string of the molecule is Cc1occc1C(=O)NC1C2CCC(C2)C1C(=O)O. The van der Waals surface area contributed by atoms with Gasteiger partial charge in [0.1, 0.15) is 5.76 Å². The zero-order valence-electron chi connectivity index (χ0n) is 10.8. The Labute approximate surface area is 111 Å². The average molecular weight is 263 g/mol. The number of furan rings is 1. The number of carboxylic acids is 1. The highest BCUT2D eigenvalue weighted by molar-refractivity contribution is 5.95. The van der Waals surface area contributed by atoms with Crippen LogP contribution in [0.3, 0.4) is 0 Å². The Hall–Kier alpha value is -1.78. The molecule has 2 bridgehead atoms. The van der Waals surface area contributed by atoms with Gasteiger partial charge in [-0.1, -0.05) is 0 Å². The fraction of sp³-hybridized carbons (Fsp3) is 0.571. The van der Waals surface area contributed by atoms with Crippen LogP contribution in [0.4, 0.5) is 0 Å². The lowest BCUT2D eigenvalue weighted by Gasteiger charge is -2.28. The van der Waals surface area contributed by atoms with Crippen molar-refractivity contribution in [3.05, 3.63) is 23.7 Å². The Kier molecular flexibility index (Phi) is 2.84. The van der Waals surface area contributed by atoms with Crippen molar-refractivity contribution in [1.29, 1.82) is 0 Å². The maximum atomic E-state index is 12.2. The van der Waals surface area contributed by atoms with E-state index in [0.29, 0.717) is 17.2 Å². The fourth-order valence-corrected chi connectivity index (χ4v) is 3.70. The summed E-state index contributed by atoms with van der Waals surface area (Å²) in [4.78, 5) is 23.5. The monoisotopic (exact) mass is 263 g/mol. The zero-order valence-corrected chi connectivity index (χ0v) is 10.8. The second-order valence-electron chi connectivity index (χ2n) is 5.59. The molecule has 1 amide bonds. The average Bonchev–Trinajstić information content (AvgIpc) is 3.03. The van der Waals surface area contributed by atoms with Crippen molar-refractivity contribution in [2.45, 2.75) is 32.2 Å². The molecule has 2 aliphatic carbocycles. The molecule has 1 heterocycles. The summed E-state index contributed by atoms with van der Waals surface area (Å²) in [6.45, 7) is 1.73. The van der Waals surface area contributed by atoms with E-state index in [9.17, 15) is 14.7 Å². The molecule has 4 unspecified atom stereocenters. The summed E-state index contributed by atoms with van der Waals surface area (Å²) in [6, 6.07) is 1.38. The molecule has 0 aromatic carbocycles. The molecule has 2 N–H and O–H groups in total. The quantitative estimate of drug-likeness (QED) is 0.871. The minimum absolute atomic E-state index is 0.221. The Morgan fingerprint density at radius 3 is 2.74 bits per heavy atom. The van der Waals surface area contributed by atoms with Crippen LogP contribution in [0, 0.1) is 24.7 Å². The van der Waals surface area contributed by atoms with E-state index >= 15 is 0 Å². The van der Waals surface area contributed by atoms with Crippen molar-refractivity contribution in [1.82, 2.24) is 5.32 Å². The van der Waals surface area contributed by atoms with Crippen LogP contribution in [0.2, 0.25) is 0 Å². The third-order valence-electron chi connectivity index (χ3n) is 4.60. The summed E-state index contributed by atoms with van der Waals surface area (Å²) in [7, 11) is 0. The summed E-state index contributed by atoms with van der Waals surface area (Å²) in [6.07, 6.45) is 4.38. The number of carbonyl (C=O) groups excluding carboxylic acids is 1. The number of carboxylic acid groups (broad SMARTS) is 1. The zero-order chi connectivity index (χ0) is 13.6. The van der Waals surface area contributed by atoms with Gasteiger partial charge in [0, 0.05) is 6.04 Å². The summed E-state index contributed by atoms with van der Waals surface area (Å²) in [5.74, 6) is -0.362. The molecule has 5 heteroatoms. The highest BCUT2D eigenvalue weighted by atomic mass is 16.4. The van der Waals surface area contributed by atoms with Gasteiger partial charge in [-0.2, -0.15) is 0 Å². The highest BCUT2D eigenvalue weighted by Gasteiger charge is 2.51. The first-order chi connectivity index (χ1) is 9.08. The van der Waals surface area contributed by atoms with Gasteiger partial charge < -0.3 is 14.8 Å². The van der Waals surface area contributed by atoms with Gasteiger partial charge in [0.15, 0.2) is 0 Å². The summed E-state index contributed by atoms with van der Waals surface area (Å²) in [5.41, 5.74) is 0.493. The Balaban J connectivity index is 1.77. The van der Waals surface area contributed by atoms with Gasteiger partial charge in [-0.3, -0.25) is 9.59 Å². The number of aliphatic carboxylic acids is 1. The van der Waals surface area contributed by atoms with E-state index in [-0.39, 0.29) is 17.9 Å². The lowest BCUT2D eigenvalue weighted by molar-refractivity contribution is -0.144. The first-order valence-electron chi connectivity index (χ1n) is 6.65. The number of hydrogen-bond donors (Lipinski definition) is 2. The summed E-state index contributed by atoms with van der Waals surface area (Å²) >= 11 is 0. The standard InChI is InChI=1S/C14H17NO4/c1-7-10(4-5-19-7)13(16)15-12-9-3-2-8(6-9)11(12)14(17)18/h4-5,8-9,11-12H,2-3,6H2,1H3,(H,15,16)(H,17,18). The predicted molar refractivity (Wildman–Crippen MR) is 66.7 cm³/mol. The minimum atomic E-state index is -0.790. The van der Waals surface area contributed by atoms with Crippen LogP contribution in [-0.2, 0) is 4.79 Å². The van der Waals surface area contributed by atoms with Crippen LogP contribution in [0.15, 0.2) is 16.7 Å². The van der Waals surface area contributed by atoms with Crippen LogP contribution < -0.4 is 5.32 Å². The molecule has 2 aliphatic rings. The topological polar surface area (TPSA) is 79.5 Å². The molecule has 1 aromatic rings. The predicted octanol–water partition coefficient (Wildman–Crippen LogP) is 1.82. The van der Waals surface area contributed by atoms with Crippen LogP contribution in [0.1, 0.15) is 35.4 Å². The Bertz CT molecular complexity index is 521. The number of amides is 1. The molecule has 0 spiro atoms. The summed E-state index contributed by atoms with van der Waals surface area (Å²) in [5, 5.41) is 12.2. The molecule has 4 atom stereocenters. The summed E-state index contributed by atoms with van der Waals surface area (Å²) < 4.78 is 5.11. The third-order valence-corrected chi connectivity index (χ3v) is 4.60. The van der Waals surface area contributed by atoms with E-state index in [1.807, 2.05) is 0 Å². The van der Waals surface area contributed by atoms with Gasteiger partial charge >= 0.3 is 5.97 Å². The molecule has 0 saturated heterocycles. The smallest absolute Gasteiger partial charge is 0.308 e. The van der Waals surface area contributed by atoms with Crippen molar-refractivity contribution in [2.75, 3.05) is 0 Å². The van der Waals surface area contributed by atoms with Gasteiger partial charge in [0.2, 0.25) is 0 Å². The van der Waals surface area contributed by atoms with Gasteiger partial charge in [-0.05, 0) is 44.1 Å². The largest absolute Gasteiger partial charge is 0.481 e. The molecule has 102 valence electrons. The molecular formula is C14H17NO4. The van der Waals surface area contributed by atoms with Gasteiger partial charge in [0.05, 0.1) is 17.7 Å². The number of aryl methyl sites for hydroxylation is 1. The highest BCUT2D eigenvalue weighted by Crippen LogP contribution is 2.48. The molecule has 0 radical (unpaired) electrons. The normalized spacial score (nSPS) is 32.5. The van der Waals surface area contributed by atoms with Crippen LogP contribution in [-0.4, -0.2) is 23.0 Å².